The van der Waals surface area contributed by atoms with Gasteiger partial charge in [0.05, 0.1) is 11.6 Å². The smallest absolute Gasteiger partial charge is 0.251 e. The average Bonchev–Trinajstić information content (AvgIpc) is 3.21. The second-order valence-electron chi connectivity index (χ2n) is 6.19. The molecular weight excluding hydrogens is 332 g/mol. The van der Waals surface area contributed by atoms with Crippen LogP contribution in [0.25, 0.3) is 0 Å². The maximum atomic E-state index is 12.5. The summed E-state index contributed by atoms with van der Waals surface area (Å²) in [5.41, 5.74) is 6.11. The molecule has 0 saturated heterocycles. The second kappa shape index (κ2) is 6.36. The molecule has 116 valence electrons. The Labute approximate surface area is 134 Å². The van der Waals surface area contributed by atoms with E-state index in [-0.39, 0.29) is 17.6 Å². The molecule has 0 radical (unpaired) electrons. The summed E-state index contributed by atoms with van der Waals surface area (Å²) >= 11 is 3.42. The number of carbonyl (C=O) groups excluding carboxylic acids is 1. The Bertz CT molecular complexity index is 529. The zero-order valence-electron chi connectivity index (χ0n) is 12.8. The van der Waals surface area contributed by atoms with E-state index in [4.69, 9.17) is 10.5 Å². The predicted molar refractivity (Wildman–Crippen MR) is 87.6 cm³/mol. The zero-order valence-corrected chi connectivity index (χ0v) is 14.4. The monoisotopic (exact) mass is 354 g/mol. The van der Waals surface area contributed by atoms with Crippen LogP contribution in [0.2, 0.25) is 0 Å². The largest absolute Gasteiger partial charge is 0.491 e. The van der Waals surface area contributed by atoms with Crippen LogP contribution >= 0.6 is 15.9 Å². The molecule has 0 aliphatic heterocycles. The maximum Gasteiger partial charge on any atom is 0.251 e. The first-order valence-corrected chi connectivity index (χ1v) is 8.13. The Morgan fingerprint density at radius 1 is 1.48 bits per heavy atom. The van der Waals surface area contributed by atoms with Crippen molar-refractivity contribution in [3.63, 3.8) is 0 Å². The van der Waals surface area contributed by atoms with Crippen LogP contribution in [0, 0.1) is 5.92 Å². The van der Waals surface area contributed by atoms with Crippen molar-refractivity contribution in [1.29, 1.82) is 0 Å². The van der Waals surface area contributed by atoms with Gasteiger partial charge in [-0.05, 0) is 57.7 Å². The van der Waals surface area contributed by atoms with Crippen LogP contribution in [0.5, 0.6) is 5.75 Å². The van der Waals surface area contributed by atoms with Crippen molar-refractivity contribution in [2.24, 2.45) is 11.7 Å². The van der Waals surface area contributed by atoms with Crippen molar-refractivity contribution < 1.29 is 9.53 Å². The van der Waals surface area contributed by atoms with Crippen molar-refractivity contribution in [1.82, 2.24) is 5.32 Å². The van der Waals surface area contributed by atoms with Gasteiger partial charge in [-0.1, -0.05) is 15.9 Å². The molecule has 1 aliphatic carbocycles. The van der Waals surface area contributed by atoms with Crippen LogP contribution in [0.3, 0.4) is 0 Å². The summed E-state index contributed by atoms with van der Waals surface area (Å²) in [6.45, 7) is 6.39. The summed E-state index contributed by atoms with van der Waals surface area (Å²) in [6, 6.07) is 5.43. The van der Waals surface area contributed by atoms with Crippen molar-refractivity contribution >= 4 is 21.8 Å². The van der Waals surface area contributed by atoms with E-state index >= 15 is 0 Å². The quantitative estimate of drug-likeness (QED) is 0.824. The summed E-state index contributed by atoms with van der Waals surface area (Å²) < 4.78 is 6.49. The minimum absolute atomic E-state index is 0.0657. The molecule has 1 fully saturated rings. The topological polar surface area (TPSA) is 64.3 Å². The molecule has 0 bridgehead atoms. The van der Waals surface area contributed by atoms with E-state index in [1.165, 1.54) is 0 Å². The molecular formula is C16H23BrN2O2. The molecule has 0 spiro atoms. The lowest BCUT2D eigenvalue weighted by atomic mass is 9.95. The number of nitrogens with two attached hydrogens (primary N) is 1. The molecule has 3 N–H and O–H groups in total. The van der Waals surface area contributed by atoms with Crippen LogP contribution in [-0.4, -0.2) is 24.1 Å². The van der Waals surface area contributed by atoms with Crippen molar-refractivity contribution in [3.05, 3.63) is 28.2 Å². The minimum atomic E-state index is -0.321. The molecule has 1 unspecified atom stereocenters. The molecule has 2 rings (SSSR count). The van der Waals surface area contributed by atoms with Crippen LogP contribution in [0.15, 0.2) is 22.7 Å². The molecule has 1 amide bonds. The fraction of sp³-hybridized carbons (Fsp3) is 0.562. The number of nitrogens with one attached hydrogen (secondary N) is 1. The van der Waals surface area contributed by atoms with Crippen molar-refractivity contribution in [2.75, 3.05) is 6.54 Å². The first-order chi connectivity index (χ1) is 9.84. The molecule has 1 aromatic carbocycles. The molecule has 4 nitrogen and oxygen atoms in total. The lowest BCUT2D eigenvalue weighted by Crippen LogP contribution is -2.53. The van der Waals surface area contributed by atoms with Crippen LogP contribution < -0.4 is 15.8 Å². The first kappa shape index (κ1) is 16.3. The summed E-state index contributed by atoms with van der Waals surface area (Å²) in [6.07, 6.45) is 2.33. The summed E-state index contributed by atoms with van der Waals surface area (Å²) in [5, 5.41) is 3.09. The third kappa shape index (κ3) is 4.20. The van der Waals surface area contributed by atoms with E-state index in [9.17, 15) is 4.79 Å². The van der Waals surface area contributed by atoms with Gasteiger partial charge < -0.3 is 15.8 Å². The lowest BCUT2D eigenvalue weighted by molar-refractivity contribution is 0.0897. The fourth-order valence-corrected chi connectivity index (χ4v) is 2.88. The van der Waals surface area contributed by atoms with E-state index in [0.717, 1.165) is 17.3 Å². The minimum Gasteiger partial charge on any atom is -0.491 e. The Morgan fingerprint density at radius 3 is 2.67 bits per heavy atom. The van der Waals surface area contributed by atoms with Gasteiger partial charge in [0.1, 0.15) is 5.75 Å². The third-order valence-electron chi connectivity index (χ3n) is 3.81. The highest BCUT2D eigenvalue weighted by Crippen LogP contribution is 2.39. The molecule has 1 saturated carbocycles. The summed E-state index contributed by atoms with van der Waals surface area (Å²) in [5.74, 6) is 1.07. The van der Waals surface area contributed by atoms with Gasteiger partial charge in [0.2, 0.25) is 0 Å². The van der Waals surface area contributed by atoms with E-state index in [1.807, 2.05) is 26.8 Å². The van der Waals surface area contributed by atoms with Crippen LogP contribution in [0.4, 0.5) is 0 Å². The van der Waals surface area contributed by atoms with Crippen LogP contribution in [0.1, 0.15) is 44.0 Å². The van der Waals surface area contributed by atoms with E-state index in [0.29, 0.717) is 23.8 Å². The number of ether oxygens (including phenoxy) is 1. The average molecular weight is 355 g/mol. The number of carbonyl (C=O) groups is 1. The van der Waals surface area contributed by atoms with Gasteiger partial charge in [-0.2, -0.15) is 0 Å². The van der Waals surface area contributed by atoms with Gasteiger partial charge in [-0.3, -0.25) is 4.79 Å². The van der Waals surface area contributed by atoms with Gasteiger partial charge >= 0.3 is 0 Å². The maximum absolute atomic E-state index is 12.5. The molecule has 0 aromatic heterocycles. The molecule has 5 heteroatoms. The van der Waals surface area contributed by atoms with E-state index < -0.39 is 0 Å². The van der Waals surface area contributed by atoms with E-state index in [1.54, 1.807) is 12.1 Å². The summed E-state index contributed by atoms with van der Waals surface area (Å²) in [4.78, 5) is 12.5. The Hall–Kier alpha value is -1.07. The first-order valence-electron chi connectivity index (χ1n) is 7.34. The Balaban J connectivity index is 2.16. The molecule has 1 aliphatic rings. The second-order valence-corrected chi connectivity index (χ2v) is 7.11. The normalized spacial score (nSPS) is 17.4. The summed E-state index contributed by atoms with van der Waals surface area (Å²) in [7, 11) is 0. The highest BCUT2D eigenvalue weighted by molar-refractivity contribution is 9.10. The highest BCUT2D eigenvalue weighted by atomic mass is 79.9. The lowest BCUT2D eigenvalue weighted by Gasteiger charge is -2.29. The molecule has 0 heterocycles. The van der Waals surface area contributed by atoms with Gasteiger partial charge in [0.25, 0.3) is 5.91 Å². The van der Waals surface area contributed by atoms with E-state index in [2.05, 4.69) is 21.2 Å². The standard InChI is InChI=1S/C16H23BrN2O2/c1-10(2)21-14-7-11(6-13(17)8-14)15(20)19-16(3,9-18)12-4-5-12/h6-8,10,12H,4-5,9,18H2,1-3H3,(H,19,20). The van der Waals surface area contributed by atoms with Crippen molar-refractivity contribution in [2.45, 2.75) is 45.3 Å². The fourth-order valence-electron chi connectivity index (χ4n) is 2.41. The zero-order chi connectivity index (χ0) is 15.6. The number of halogens is 1. The van der Waals surface area contributed by atoms with Crippen molar-refractivity contribution in [3.8, 4) is 5.75 Å². The molecule has 1 aromatic rings. The van der Waals surface area contributed by atoms with Gasteiger partial charge in [-0.25, -0.2) is 0 Å². The SMILES string of the molecule is CC(C)Oc1cc(Br)cc(C(=O)NC(C)(CN)C2CC2)c1. The predicted octanol–water partition coefficient (Wildman–Crippen LogP) is 3.09. The van der Waals surface area contributed by atoms with Gasteiger partial charge in [-0.15, -0.1) is 0 Å². The third-order valence-corrected chi connectivity index (χ3v) is 4.26. The number of benzene rings is 1. The number of hydrogen-bond donors (Lipinski definition) is 2. The molecule has 21 heavy (non-hydrogen) atoms. The Kier molecular flexibility index (Phi) is 4.94. The number of amides is 1. The Morgan fingerprint density at radius 2 is 2.14 bits per heavy atom. The van der Waals surface area contributed by atoms with Crippen LogP contribution in [-0.2, 0) is 0 Å². The van der Waals surface area contributed by atoms with Gasteiger partial charge in [0, 0.05) is 16.6 Å². The molecule has 1 atom stereocenters. The number of rotatable bonds is 6. The number of hydrogen-bond acceptors (Lipinski definition) is 3. The van der Waals surface area contributed by atoms with Gasteiger partial charge in [0.15, 0.2) is 0 Å². The highest BCUT2D eigenvalue weighted by Gasteiger charge is 2.41.